The summed E-state index contributed by atoms with van der Waals surface area (Å²) in [4.78, 5) is 9.14. The lowest BCUT2D eigenvalue weighted by Gasteiger charge is -1.99. The average Bonchev–Trinajstić information content (AvgIpc) is 2.68. The van der Waals surface area contributed by atoms with E-state index in [1.807, 2.05) is 6.92 Å². The lowest BCUT2D eigenvalue weighted by Crippen LogP contribution is -2.07. The van der Waals surface area contributed by atoms with Crippen LogP contribution in [0.5, 0.6) is 0 Å². The van der Waals surface area contributed by atoms with Crippen molar-refractivity contribution in [2.75, 3.05) is 13.2 Å². The Morgan fingerprint density at radius 3 is 2.67 bits per heavy atom. The van der Waals surface area contributed by atoms with Crippen molar-refractivity contribution in [3.63, 3.8) is 0 Å². The van der Waals surface area contributed by atoms with Crippen LogP contribution in [-0.2, 0) is 20.3 Å². The summed E-state index contributed by atoms with van der Waals surface area (Å²) >= 11 is 0. The number of aromatic nitrogens is 2. The SMILES string of the molecule is CCCOCCn1cc(S(=O)(=O)Cl)c([N+](=O)[O-])n1. The molecule has 0 saturated carbocycles. The monoisotopic (exact) mass is 297 g/mol. The third-order valence-corrected chi connectivity index (χ3v) is 3.27. The van der Waals surface area contributed by atoms with Crippen LogP contribution >= 0.6 is 10.7 Å². The molecule has 18 heavy (non-hydrogen) atoms. The number of hydrogen-bond donors (Lipinski definition) is 0. The summed E-state index contributed by atoms with van der Waals surface area (Å²) in [5.41, 5.74) is 0. The van der Waals surface area contributed by atoms with E-state index in [4.69, 9.17) is 15.4 Å². The molecule has 0 radical (unpaired) electrons. The minimum atomic E-state index is -4.19. The molecule has 0 aliphatic heterocycles. The summed E-state index contributed by atoms with van der Waals surface area (Å²) in [6, 6.07) is 0. The molecule has 10 heteroatoms. The van der Waals surface area contributed by atoms with Gasteiger partial charge in [0.1, 0.15) is 0 Å². The highest BCUT2D eigenvalue weighted by Crippen LogP contribution is 2.24. The van der Waals surface area contributed by atoms with Crippen LogP contribution in [0.15, 0.2) is 11.1 Å². The molecule has 0 N–H and O–H groups in total. The van der Waals surface area contributed by atoms with E-state index >= 15 is 0 Å². The highest BCUT2D eigenvalue weighted by Gasteiger charge is 2.29. The van der Waals surface area contributed by atoms with Gasteiger partial charge in [0, 0.05) is 17.3 Å². The van der Waals surface area contributed by atoms with Crippen LogP contribution in [-0.4, -0.2) is 36.3 Å². The fourth-order valence-electron chi connectivity index (χ4n) is 1.21. The van der Waals surface area contributed by atoms with E-state index in [0.717, 1.165) is 17.3 Å². The van der Waals surface area contributed by atoms with Gasteiger partial charge in [-0.05, 0) is 11.3 Å². The fourth-order valence-corrected chi connectivity index (χ4v) is 2.12. The summed E-state index contributed by atoms with van der Waals surface area (Å²) in [7, 11) is 0.902. The Kier molecular flexibility index (Phi) is 5.05. The van der Waals surface area contributed by atoms with Gasteiger partial charge < -0.3 is 14.9 Å². The molecule has 0 saturated heterocycles. The molecule has 1 heterocycles. The van der Waals surface area contributed by atoms with E-state index in [1.165, 1.54) is 0 Å². The predicted molar refractivity (Wildman–Crippen MR) is 63.0 cm³/mol. The molecule has 0 unspecified atom stereocenters. The molecule has 1 aromatic rings. The van der Waals surface area contributed by atoms with Crippen molar-refractivity contribution in [3.05, 3.63) is 16.3 Å². The van der Waals surface area contributed by atoms with Crippen molar-refractivity contribution in [1.29, 1.82) is 0 Å². The Bertz CT molecular complexity index is 527. The molecule has 0 aliphatic rings. The van der Waals surface area contributed by atoms with Gasteiger partial charge in [-0.3, -0.25) is 0 Å². The first kappa shape index (κ1) is 14.9. The molecule has 0 fully saturated rings. The molecular weight excluding hydrogens is 286 g/mol. The minimum absolute atomic E-state index is 0.216. The van der Waals surface area contributed by atoms with Gasteiger partial charge in [0.15, 0.2) is 0 Å². The maximum absolute atomic E-state index is 11.1. The van der Waals surface area contributed by atoms with Gasteiger partial charge in [-0.1, -0.05) is 6.92 Å². The Hall–Kier alpha value is -1.19. The largest absolute Gasteiger partial charge is 0.410 e. The number of ether oxygens (including phenoxy) is 1. The lowest BCUT2D eigenvalue weighted by molar-refractivity contribution is -0.392. The van der Waals surface area contributed by atoms with E-state index < -0.39 is 24.7 Å². The standard InChI is InChI=1S/C8H12ClN3O5S/c1-2-4-17-5-3-11-6-7(18(9,15)16)8(10-11)12(13)14/h6H,2-5H2,1H3. The molecule has 0 aliphatic carbocycles. The van der Waals surface area contributed by atoms with Gasteiger partial charge in [0.2, 0.25) is 4.90 Å². The minimum Gasteiger partial charge on any atom is -0.379 e. The third-order valence-electron chi connectivity index (χ3n) is 1.96. The van der Waals surface area contributed by atoms with Gasteiger partial charge in [-0.2, -0.15) is 4.68 Å². The zero-order chi connectivity index (χ0) is 13.8. The second kappa shape index (κ2) is 6.12. The number of halogens is 1. The zero-order valence-corrected chi connectivity index (χ0v) is 11.1. The Labute approximate surface area is 108 Å². The van der Waals surface area contributed by atoms with Crippen LogP contribution in [0, 0.1) is 10.1 Å². The number of hydrogen-bond acceptors (Lipinski definition) is 6. The first-order chi connectivity index (χ1) is 8.36. The first-order valence-electron chi connectivity index (χ1n) is 5.10. The van der Waals surface area contributed by atoms with Gasteiger partial charge >= 0.3 is 5.82 Å². The van der Waals surface area contributed by atoms with Crippen molar-refractivity contribution in [1.82, 2.24) is 9.78 Å². The normalized spacial score (nSPS) is 11.7. The quantitative estimate of drug-likeness (QED) is 0.323. The Morgan fingerprint density at radius 1 is 1.56 bits per heavy atom. The molecule has 0 aromatic carbocycles. The van der Waals surface area contributed by atoms with E-state index in [9.17, 15) is 18.5 Å². The van der Waals surface area contributed by atoms with Gasteiger partial charge in [-0.15, -0.1) is 0 Å². The average molecular weight is 298 g/mol. The van der Waals surface area contributed by atoms with E-state index in [1.54, 1.807) is 0 Å². The molecule has 0 amide bonds. The number of nitro groups is 1. The van der Waals surface area contributed by atoms with Crippen LogP contribution in [0.3, 0.4) is 0 Å². The molecule has 0 atom stereocenters. The second-order valence-electron chi connectivity index (χ2n) is 3.39. The van der Waals surface area contributed by atoms with Crippen LogP contribution in [0.1, 0.15) is 13.3 Å². The summed E-state index contributed by atoms with van der Waals surface area (Å²) in [6.45, 7) is 3.00. The van der Waals surface area contributed by atoms with E-state index in [-0.39, 0.29) is 13.2 Å². The highest BCUT2D eigenvalue weighted by atomic mass is 35.7. The second-order valence-corrected chi connectivity index (χ2v) is 5.92. The summed E-state index contributed by atoms with van der Waals surface area (Å²) in [5.74, 6) is -0.777. The summed E-state index contributed by atoms with van der Waals surface area (Å²) < 4.78 is 28.5. The highest BCUT2D eigenvalue weighted by molar-refractivity contribution is 8.13. The Morgan fingerprint density at radius 2 is 2.22 bits per heavy atom. The molecule has 1 rings (SSSR count). The van der Waals surface area contributed by atoms with E-state index in [0.29, 0.717) is 6.61 Å². The van der Waals surface area contributed by atoms with Crippen molar-refractivity contribution >= 4 is 25.6 Å². The molecule has 1 aromatic heterocycles. The smallest absolute Gasteiger partial charge is 0.379 e. The fraction of sp³-hybridized carbons (Fsp3) is 0.625. The maximum atomic E-state index is 11.1. The Balaban J connectivity index is 2.87. The molecule has 0 bridgehead atoms. The predicted octanol–water partition coefficient (Wildman–Crippen LogP) is 1.15. The van der Waals surface area contributed by atoms with Crippen molar-refractivity contribution in [2.45, 2.75) is 24.8 Å². The number of nitrogens with zero attached hydrogens (tertiary/aromatic N) is 3. The third kappa shape index (κ3) is 3.93. The lowest BCUT2D eigenvalue weighted by atomic mass is 10.5. The topological polar surface area (TPSA) is 104 Å². The molecular formula is C8H12ClN3O5S. The molecule has 0 spiro atoms. The zero-order valence-electron chi connectivity index (χ0n) is 9.57. The number of rotatable bonds is 7. The van der Waals surface area contributed by atoms with Crippen LogP contribution in [0.4, 0.5) is 5.82 Å². The van der Waals surface area contributed by atoms with Crippen molar-refractivity contribution < 1.29 is 18.1 Å². The van der Waals surface area contributed by atoms with Crippen molar-refractivity contribution in [2.24, 2.45) is 0 Å². The van der Waals surface area contributed by atoms with Gasteiger partial charge in [0.05, 0.1) is 24.4 Å². The van der Waals surface area contributed by atoms with Crippen LogP contribution in [0.2, 0.25) is 0 Å². The van der Waals surface area contributed by atoms with E-state index in [2.05, 4.69) is 5.10 Å². The van der Waals surface area contributed by atoms with Gasteiger partial charge in [-0.25, -0.2) is 8.42 Å². The van der Waals surface area contributed by atoms with Crippen molar-refractivity contribution in [3.8, 4) is 0 Å². The first-order valence-corrected chi connectivity index (χ1v) is 7.41. The van der Waals surface area contributed by atoms with Crippen LogP contribution in [0.25, 0.3) is 0 Å². The molecule has 102 valence electrons. The summed E-state index contributed by atoms with van der Waals surface area (Å²) in [5, 5.41) is 14.2. The van der Waals surface area contributed by atoms with Gasteiger partial charge in [0.25, 0.3) is 9.05 Å². The summed E-state index contributed by atoms with van der Waals surface area (Å²) in [6.07, 6.45) is 1.87. The maximum Gasteiger partial charge on any atom is 0.410 e. The van der Waals surface area contributed by atoms with Crippen LogP contribution < -0.4 is 0 Å². The molecule has 8 nitrogen and oxygen atoms in total.